The molecule has 4 rings (SSSR count). The Hall–Kier alpha value is -4.34. The lowest BCUT2D eigenvalue weighted by molar-refractivity contribution is -0.384. The second kappa shape index (κ2) is 9.43. The van der Waals surface area contributed by atoms with Gasteiger partial charge in [0.2, 0.25) is 0 Å². The van der Waals surface area contributed by atoms with Crippen molar-refractivity contribution in [3.63, 3.8) is 0 Å². The summed E-state index contributed by atoms with van der Waals surface area (Å²) in [7, 11) is 0. The second-order valence-electron chi connectivity index (χ2n) is 7.56. The standard InChI is InChI=1S/C23H21N5O5/c1-14-20-18(26-27-22(29)16-7-9-17(10-8-16)28(31)32)5-2-6-19(20)33-21(14)23(30)25-13-15-4-3-11-24-12-15/h3-4,7-12H,2,5-6,13H2,1H3,(H,25,30)(H,27,29)/b26-18+. The molecule has 2 aromatic heterocycles. The fraction of sp³-hybridized carbons (Fsp3) is 0.217. The van der Waals surface area contributed by atoms with Crippen LogP contribution >= 0.6 is 0 Å². The smallest absolute Gasteiger partial charge is 0.287 e. The number of aryl methyl sites for hydroxylation is 1. The molecule has 0 fully saturated rings. The highest BCUT2D eigenvalue weighted by Crippen LogP contribution is 2.30. The molecule has 3 aromatic rings. The van der Waals surface area contributed by atoms with E-state index >= 15 is 0 Å². The van der Waals surface area contributed by atoms with E-state index in [2.05, 4.69) is 20.8 Å². The highest BCUT2D eigenvalue weighted by atomic mass is 16.6. The van der Waals surface area contributed by atoms with Crippen molar-refractivity contribution in [3.05, 3.63) is 92.7 Å². The van der Waals surface area contributed by atoms with Crippen LogP contribution in [0.2, 0.25) is 0 Å². The Labute approximate surface area is 188 Å². The lowest BCUT2D eigenvalue weighted by atomic mass is 9.93. The summed E-state index contributed by atoms with van der Waals surface area (Å²) in [5.74, 6) is 0.0638. The average molecular weight is 447 g/mol. The van der Waals surface area contributed by atoms with E-state index in [0.717, 1.165) is 17.5 Å². The average Bonchev–Trinajstić information content (AvgIpc) is 3.18. The van der Waals surface area contributed by atoms with Gasteiger partial charge >= 0.3 is 0 Å². The van der Waals surface area contributed by atoms with Crippen LogP contribution in [0.5, 0.6) is 0 Å². The number of aromatic nitrogens is 1. The van der Waals surface area contributed by atoms with Crippen molar-refractivity contribution in [3.8, 4) is 0 Å². The molecule has 33 heavy (non-hydrogen) atoms. The summed E-state index contributed by atoms with van der Waals surface area (Å²) in [6, 6.07) is 8.92. The number of nitrogens with zero attached hydrogens (tertiary/aromatic N) is 3. The SMILES string of the molecule is Cc1c(C(=O)NCc2cccnc2)oc2c1/C(=N/NC(=O)c1ccc([N+](=O)[O-])cc1)CCC2. The Morgan fingerprint density at radius 2 is 1.97 bits per heavy atom. The molecule has 2 heterocycles. The summed E-state index contributed by atoms with van der Waals surface area (Å²) in [6.07, 6.45) is 5.39. The lowest BCUT2D eigenvalue weighted by Crippen LogP contribution is -2.23. The third kappa shape index (κ3) is 4.79. The van der Waals surface area contributed by atoms with Crippen LogP contribution in [-0.4, -0.2) is 27.4 Å². The Bertz CT molecular complexity index is 1230. The zero-order valence-corrected chi connectivity index (χ0v) is 17.8. The van der Waals surface area contributed by atoms with Gasteiger partial charge in [-0.1, -0.05) is 6.07 Å². The summed E-state index contributed by atoms with van der Waals surface area (Å²) < 4.78 is 5.86. The number of non-ortho nitro benzene ring substituents is 1. The molecule has 10 nitrogen and oxygen atoms in total. The maximum absolute atomic E-state index is 12.7. The van der Waals surface area contributed by atoms with E-state index in [1.807, 2.05) is 6.07 Å². The van der Waals surface area contributed by atoms with Crippen LogP contribution in [0.4, 0.5) is 5.69 Å². The van der Waals surface area contributed by atoms with Crippen LogP contribution in [0.1, 0.15) is 56.2 Å². The van der Waals surface area contributed by atoms with Crippen molar-refractivity contribution >= 4 is 23.2 Å². The number of hydrogen-bond donors (Lipinski definition) is 2. The lowest BCUT2D eigenvalue weighted by Gasteiger charge is -2.13. The van der Waals surface area contributed by atoms with E-state index in [-0.39, 0.29) is 22.9 Å². The summed E-state index contributed by atoms with van der Waals surface area (Å²) in [5, 5.41) is 17.9. The first-order valence-corrected chi connectivity index (χ1v) is 10.3. The highest BCUT2D eigenvalue weighted by molar-refractivity contribution is 6.07. The van der Waals surface area contributed by atoms with Gasteiger partial charge in [-0.05, 0) is 43.5 Å². The minimum Gasteiger partial charge on any atom is -0.455 e. The Balaban J connectivity index is 1.49. The van der Waals surface area contributed by atoms with Crippen LogP contribution in [0, 0.1) is 17.0 Å². The third-order valence-corrected chi connectivity index (χ3v) is 5.34. The first kappa shape index (κ1) is 21.9. The van der Waals surface area contributed by atoms with E-state index < -0.39 is 10.8 Å². The van der Waals surface area contributed by atoms with Gasteiger partial charge in [0.1, 0.15) is 5.76 Å². The molecule has 0 spiro atoms. The highest BCUT2D eigenvalue weighted by Gasteiger charge is 2.28. The number of hydrazone groups is 1. The molecule has 0 aliphatic heterocycles. The van der Waals surface area contributed by atoms with E-state index in [0.29, 0.717) is 36.4 Å². The van der Waals surface area contributed by atoms with Crippen molar-refractivity contribution in [2.45, 2.75) is 32.7 Å². The van der Waals surface area contributed by atoms with Crippen molar-refractivity contribution < 1.29 is 18.9 Å². The van der Waals surface area contributed by atoms with E-state index in [1.54, 1.807) is 25.4 Å². The van der Waals surface area contributed by atoms with Crippen molar-refractivity contribution in [2.75, 3.05) is 0 Å². The zero-order chi connectivity index (χ0) is 23.4. The molecule has 0 saturated heterocycles. The summed E-state index contributed by atoms with van der Waals surface area (Å²) in [5.41, 5.74) is 5.54. The minimum absolute atomic E-state index is 0.0989. The molecular weight excluding hydrogens is 426 g/mol. The number of benzene rings is 1. The number of fused-ring (bicyclic) bond motifs is 1. The topological polar surface area (TPSA) is 140 Å². The van der Waals surface area contributed by atoms with Crippen molar-refractivity contribution in [2.24, 2.45) is 5.10 Å². The van der Waals surface area contributed by atoms with Crippen LogP contribution in [-0.2, 0) is 13.0 Å². The maximum Gasteiger partial charge on any atom is 0.287 e. The van der Waals surface area contributed by atoms with E-state index in [9.17, 15) is 19.7 Å². The summed E-state index contributed by atoms with van der Waals surface area (Å²) >= 11 is 0. The fourth-order valence-corrected chi connectivity index (χ4v) is 3.68. The number of nitrogens with one attached hydrogen (secondary N) is 2. The molecule has 2 N–H and O–H groups in total. The number of nitro benzene ring substituents is 1. The molecule has 10 heteroatoms. The Morgan fingerprint density at radius 3 is 2.67 bits per heavy atom. The molecule has 0 radical (unpaired) electrons. The molecule has 0 atom stereocenters. The van der Waals surface area contributed by atoms with Crippen LogP contribution in [0.15, 0.2) is 58.3 Å². The number of carbonyl (C=O) groups excluding carboxylic acids is 2. The van der Waals surface area contributed by atoms with Gasteiger partial charge in [0.25, 0.3) is 17.5 Å². The molecule has 1 aliphatic rings. The third-order valence-electron chi connectivity index (χ3n) is 5.34. The minimum atomic E-state index is -0.530. The van der Waals surface area contributed by atoms with Gasteiger partial charge in [0.15, 0.2) is 5.76 Å². The maximum atomic E-state index is 12.7. The largest absolute Gasteiger partial charge is 0.455 e. The van der Waals surface area contributed by atoms with Gasteiger partial charge in [-0.25, -0.2) is 5.43 Å². The number of nitro groups is 1. The van der Waals surface area contributed by atoms with Gasteiger partial charge in [-0.3, -0.25) is 24.7 Å². The van der Waals surface area contributed by atoms with Gasteiger partial charge in [-0.2, -0.15) is 5.10 Å². The molecule has 0 bridgehead atoms. The van der Waals surface area contributed by atoms with E-state index in [1.165, 1.54) is 24.3 Å². The Kier molecular flexibility index (Phi) is 6.25. The molecule has 0 saturated carbocycles. The molecule has 168 valence electrons. The van der Waals surface area contributed by atoms with Crippen molar-refractivity contribution in [1.82, 2.24) is 15.7 Å². The number of rotatable bonds is 6. The molecule has 1 aromatic carbocycles. The first-order chi connectivity index (χ1) is 15.9. The fourth-order valence-electron chi connectivity index (χ4n) is 3.68. The number of hydrogen-bond acceptors (Lipinski definition) is 7. The van der Waals surface area contributed by atoms with Gasteiger partial charge in [0.05, 0.1) is 10.6 Å². The molecular formula is C23H21N5O5. The first-order valence-electron chi connectivity index (χ1n) is 10.3. The van der Waals surface area contributed by atoms with Gasteiger partial charge in [0, 0.05) is 54.2 Å². The normalized spacial score (nSPS) is 13.9. The quantitative estimate of drug-likeness (QED) is 0.439. The monoisotopic (exact) mass is 447 g/mol. The predicted octanol–water partition coefficient (Wildman–Crippen LogP) is 3.29. The Morgan fingerprint density at radius 1 is 1.18 bits per heavy atom. The summed E-state index contributed by atoms with van der Waals surface area (Å²) in [6.45, 7) is 2.12. The second-order valence-corrected chi connectivity index (χ2v) is 7.56. The molecule has 2 amide bonds. The van der Waals surface area contributed by atoms with Crippen molar-refractivity contribution in [1.29, 1.82) is 0 Å². The number of carbonyl (C=O) groups is 2. The predicted molar refractivity (Wildman–Crippen MR) is 119 cm³/mol. The van der Waals surface area contributed by atoms with Crippen LogP contribution < -0.4 is 10.7 Å². The van der Waals surface area contributed by atoms with Crippen LogP contribution in [0.25, 0.3) is 0 Å². The zero-order valence-electron chi connectivity index (χ0n) is 17.8. The number of furan rings is 1. The van der Waals surface area contributed by atoms with Crippen LogP contribution in [0.3, 0.4) is 0 Å². The number of amides is 2. The summed E-state index contributed by atoms with van der Waals surface area (Å²) in [4.78, 5) is 39.4. The van der Waals surface area contributed by atoms with Gasteiger partial charge in [-0.15, -0.1) is 0 Å². The molecule has 1 aliphatic carbocycles. The molecule has 0 unspecified atom stereocenters. The van der Waals surface area contributed by atoms with Gasteiger partial charge < -0.3 is 9.73 Å². The van der Waals surface area contributed by atoms with E-state index in [4.69, 9.17) is 4.42 Å². The number of pyridine rings is 1.